The van der Waals surface area contributed by atoms with Crippen molar-refractivity contribution in [2.45, 2.75) is 25.6 Å². The van der Waals surface area contributed by atoms with E-state index < -0.39 is 12.0 Å². The van der Waals surface area contributed by atoms with Crippen LogP contribution in [-0.4, -0.2) is 37.1 Å². The summed E-state index contributed by atoms with van der Waals surface area (Å²) in [7, 11) is 0. The van der Waals surface area contributed by atoms with Crippen molar-refractivity contribution in [1.82, 2.24) is 25.3 Å². The smallest absolute Gasteiger partial charge is 0.321 e. The molecule has 0 bridgehead atoms. The molecule has 2 heterocycles. The number of rotatable bonds is 9. The number of aliphatic carboxylic acids is 1. The van der Waals surface area contributed by atoms with E-state index in [4.69, 9.17) is 21.8 Å². The van der Waals surface area contributed by atoms with Crippen LogP contribution < -0.4 is 5.32 Å². The van der Waals surface area contributed by atoms with Crippen LogP contribution in [0.15, 0.2) is 85.1 Å². The normalized spacial score (nSPS) is 12.1. The molecule has 0 aliphatic carbocycles. The fraction of sp³-hybridized carbons (Fsp3) is 0.148. The summed E-state index contributed by atoms with van der Waals surface area (Å²) in [6.07, 6.45) is 2.22. The van der Waals surface area contributed by atoms with Crippen molar-refractivity contribution in [2.75, 3.05) is 0 Å². The van der Waals surface area contributed by atoms with E-state index in [0.717, 1.165) is 33.3 Å². The third kappa shape index (κ3) is 5.26. The van der Waals surface area contributed by atoms with Gasteiger partial charge in [-0.05, 0) is 29.3 Å². The number of hydrogen-bond acceptors (Lipinski definition) is 4. The molecular formula is C27H24ClN5O2. The van der Waals surface area contributed by atoms with Crippen LogP contribution in [0.2, 0.25) is 5.02 Å². The molecule has 7 nitrogen and oxygen atoms in total. The summed E-state index contributed by atoms with van der Waals surface area (Å²) < 4.78 is 0. The summed E-state index contributed by atoms with van der Waals surface area (Å²) in [4.78, 5) is 16.9. The van der Waals surface area contributed by atoms with Gasteiger partial charge in [-0.3, -0.25) is 10.1 Å². The van der Waals surface area contributed by atoms with E-state index in [9.17, 15) is 9.90 Å². The summed E-state index contributed by atoms with van der Waals surface area (Å²) in [5.74, 6) is -0.914. The Morgan fingerprint density at radius 3 is 2.63 bits per heavy atom. The molecular weight excluding hydrogens is 462 g/mol. The van der Waals surface area contributed by atoms with Gasteiger partial charge in [0.25, 0.3) is 0 Å². The molecule has 0 aliphatic heterocycles. The zero-order chi connectivity index (χ0) is 24.2. The average molecular weight is 486 g/mol. The number of H-pyrrole nitrogens is 1. The number of hydrogen-bond donors (Lipinski definition) is 3. The van der Waals surface area contributed by atoms with Crippen LogP contribution in [0.3, 0.4) is 0 Å². The maximum Gasteiger partial charge on any atom is 0.321 e. The number of carboxylic acids is 1. The second-order valence-electron chi connectivity index (χ2n) is 8.36. The third-order valence-electron chi connectivity index (χ3n) is 5.90. The highest BCUT2D eigenvalue weighted by Crippen LogP contribution is 2.22. The standard InChI is InChI=1S/C27H24ClN5O2/c28-21-10-6-7-18(13-21)17-33-31-25(26(32-33)19-8-2-1-3-9-19)16-30-24(27(34)35)14-20-15-29-23-12-5-4-11-22(20)23/h1-13,15,24,29-30H,14,16-17H2,(H,34,35)/t24-/m1/s1. The Hall–Kier alpha value is -3.94. The van der Waals surface area contributed by atoms with Crippen LogP contribution in [0.5, 0.6) is 0 Å². The van der Waals surface area contributed by atoms with Crippen LogP contribution in [0.25, 0.3) is 22.2 Å². The number of aromatic amines is 1. The van der Waals surface area contributed by atoms with Gasteiger partial charge in [-0.25, -0.2) is 0 Å². The third-order valence-corrected chi connectivity index (χ3v) is 6.13. The molecule has 0 amide bonds. The van der Waals surface area contributed by atoms with Crippen molar-refractivity contribution >= 4 is 28.5 Å². The first kappa shape index (κ1) is 22.8. The molecule has 0 saturated carbocycles. The molecule has 0 saturated heterocycles. The Kier molecular flexibility index (Phi) is 6.61. The van der Waals surface area contributed by atoms with Gasteiger partial charge < -0.3 is 10.1 Å². The van der Waals surface area contributed by atoms with Gasteiger partial charge in [0.15, 0.2) is 0 Å². The molecule has 0 radical (unpaired) electrons. The second kappa shape index (κ2) is 10.1. The number of fused-ring (bicyclic) bond motifs is 1. The molecule has 5 rings (SSSR count). The lowest BCUT2D eigenvalue weighted by Gasteiger charge is -2.13. The molecule has 0 aliphatic rings. The first-order valence-corrected chi connectivity index (χ1v) is 11.7. The van der Waals surface area contributed by atoms with E-state index in [1.807, 2.05) is 85.1 Å². The van der Waals surface area contributed by atoms with Crippen LogP contribution >= 0.6 is 11.6 Å². The maximum atomic E-state index is 12.1. The van der Waals surface area contributed by atoms with Gasteiger partial charge in [-0.2, -0.15) is 15.0 Å². The van der Waals surface area contributed by atoms with Gasteiger partial charge >= 0.3 is 5.97 Å². The number of nitrogens with one attached hydrogen (secondary N) is 2. The molecule has 176 valence electrons. The summed E-state index contributed by atoms with van der Waals surface area (Å²) in [5.41, 5.74) is 5.25. The second-order valence-corrected chi connectivity index (χ2v) is 8.79. The maximum absolute atomic E-state index is 12.1. The molecule has 35 heavy (non-hydrogen) atoms. The summed E-state index contributed by atoms with van der Waals surface area (Å²) in [6.45, 7) is 0.719. The Bertz CT molecular complexity index is 1460. The summed E-state index contributed by atoms with van der Waals surface area (Å²) >= 11 is 6.13. The minimum Gasteiger partial charge on any atom is -0.480 e. The molecule has 2 aromatic heterocycles. The highest BCUT2D eigenvalue weighted by molar-refractivity contribution is 6.30. The van der Waals surface area contributed by atoms with Crippen molar-refractivity contribution in [3.63, 3.8) is 0 Å². The summed E-state index contributed by atoms with van der Waals surface area (Å²) in [6, 6.07) is 24.4. The van der Waals surface area contributed by atoms with E-state index in [2.05, 4.69) is 10.3 Å². The molecule has 3 N–H and O–H groups in total. The number of aromatic nitrogens is 4. The van der Waals surface area contributed by atoms with Gasteiger partial charge in [-0.1, -0.05) is 72.3 Å². The zero-order valence-electron chi connectivity index (χ0n) is 18.9. The molecule has 3 aromatic carbocycles. The minimum absolute atomic E-state index is 0.263. The van der Waals surface area contributed by atoms with Crippen molar-refractivity contribution in [1.29, 1.82) is 0 Å². The Morgan fingerprint density at radius 2 is 1.83 bits per heavy atom. The van der Waals surface area contributed by atoms with Crippen LogP contribution in [0, 0.1) is 0 Å². The molecule has 1 atom stereocenters. The Balaban J connectivity index is 1.39. The Labute approximate surface area is 207 Å². The molecule has 5 aromatic rings. The van der Waals surface area contributed by atoms with Crippen LogP contribution in [-0.2, 0) is 24.3 Å². The van der Waals surface area contributed by atoms with E-state index in [1.54, 1.807) is 4.80 Å². The van der Waals surface area contributed by atoms with Gasteiger partial charge in [0, 0.05) is 40.7 Å². The monoisotopic (exact) mass is 485 g/mol. The van der Waals surface area contributed by atoms with Gasteiger partial charge in [-0.15, -0.1) is 0 Å². The van der Waals surface area contributed by atoms with E-state index in [0.29, 0.717) is 23.7 Å². The number of para-hydroxylation sites is 1. The average Bonchev–Trinajstić information content (AvgIpc) is 3.46. The van der Waals surface area contributed by atoms with Crippen molar-refractivity contribution < 1.29 is 9.90 Å². The lowest BCUT2D eigenvalue weighted by atomic mass is 10.0. The van der Waals surface area contributed by atoms with Gasteiger partial charge in [0.2, 0.25) is 0 Å². The lowest BCUT2D eigenvalue weighted by molar-refractivity contribution is -0.139. The van der Waals surface area contributed by atoms with E-state index in [1.165, 1.54) is 0 Å². The Morgan fingerprint density at radius 1 is 1.03 bits per heavy atom. The summed E-state index contributed by atoms with van der Waals surface area (Å²) in [5, 5.41) is 24.2. The number of halogens is 1. The fourth-order valence-electron chi connectivity index (χ4n) is 4.18. The number of benzene rings is 3. The quantitative estimate of drug-likeness (QED) is 0.275. The topological polar surface area (TPSA) is 95.8 Å². The zero-order valence-corrected chi connectivity index (χ0v) is 19.6. The predicted molar refractivity (Wildman–Crippen MR) is 136 cm³/mol. The first-order valence-electron chi connectivity index (χ1n) is 11.3. The van der Waals surface area contributed by atoms with Gasteiger partial charge in [0.05, 0.1) is 6.54 Å². The van der Waals surface area contributed by atoms with Crippen molar-refractivity contribution in [2.24, 2.45) is 0 Å². The fourth-order valence-corrected chi connectivity index (χ4v) is 4.39. The van der Waals surface area contributed by atoms with E-state index >= 15 is 0 Å². The highest BCUT2D eigenvalue weighted by atomic mass is 35.5. The molecule has 0 fully saturated rings. The molecule has 0 unspecified atom stereocenters. The molecule has 0 spiro atoms. The highest BCUT2D eigenvalue weighted by Gasteiger charge is 2.21. The SMILES string of the molecule is O=C(O)[C@@H](Cc1c[nH]c2ccccc12)NCc1nn(Cc2cccc(Cl)c2)nc1-c1ccccc1. The largest absolute Gasteiger partial charge is 0.480 e. The number of carbonyl (C=O) groups is 1. The van der Waals surface area contributed by atoms with Gasteiger partial charge in [0.1, 0.15) is 17.4 Å². The van der Waals surface area contributed by atoms with Crippen molar-refractivity contribution in [3.8, 4) is 11.3 Å². The van der Waals surface area contributed by atoms with Crippen LogP contribution in [0.1, 0.15) is 16.8 Å². The lowest BCUT2D eigenvalue weighted by Crippen LogP contribution is -2.38. The molecule has 8 heteroatoms. The van der Waals surface area contributed by atoms with Crippen LogP contribution in [0.4, 0.5) is 0 Å². The number of nitrogens with zero attached hydrogens (tertiary/aromatic N) is 3. The minimum atomic E-state index is -0.914. The van der Waals surface area contributed by atoms with E-state index in [-0.39, 0.29) is 6.54 Å². The first-order chi connectivity index (χ1) is 17.1. The van der Waals surface area contributed by atoms with Crippen molar-refractivity contribution in [3.05, 3.63) is 107 Å². The predicted octanol–water partition coefficient (Wildman–Crippen LogP) is 4.91. The number of carboxylic acid groups (broad SMARTS) is 1.